The Bertz CT molecular complexity index is 1430. The fourth-order valence-corrected chi connectivity index (χ4v) is 7.20. The predicted octanol–water partition coefficient (Wildman–Crippen LogP) is 8.83. The number of hydrogen-bond acceptors (Lipinski definition) is 12. The molecule has 0 saturated heterocycles. The van der Waals surface area contributed by atoms with Crippen LogP contribution in [0, 0.1) is 11.8 Å². The molecule has 2 aliphatic carbocycles. The summed E-state index contributed by atoms with van der Waals surface area (Å²) < 4.78 is 21.5. The van der Waals surface area contributed by atoms with Gasteiger partial charge in [-0.1, -0.05) is 100 Å². The lowest BCUT2D eigenvalue weighted by atomic mass is 9.84. The summed E-state index contributed by atoms with van der Waals surface area (Å²) in [4.78, 5) is 56.1. The molecule has 13 nitrogen and oxygen atoms in total. The third kappa shape index (κ3) is 16.9. The summed E-state index contributed by atoms with van der Waals surface area (Å²) in [5.41, 5.74) is -1.06. The SMILES string of the molecule is CC(=O)c1noc([C@H](CCCC2CCCCC2)CC(=O)OC(C)(C)C)n1.CNC(=O)c1noc([C@H](CCCC2CCCCC2)CC(=O)OC(C)(C)C)n1. The van der Waals surface area contributed by atoms with Crippen LogP contribution in [0.25, 0.3) is 0 Å². The van der Waals surface area contributed by atoms with Crippen molar-refractivity contribution in [3.63, 3.8) is 0 Å². The van der Waals surface area contributed by atoms with E-state index in [0.717, 1.165) is 43.9 Å². The van der Waals surface area contributed by atoms with E-state index in [1.807, 2.05) is 41.5 Å². The molecule has 2 atom stereocenters. The number of amides is 1. The van der Waals surface area contributed by atoms with Crippen LogP contribution in [0.15, 0.2) is 9.05 Å². The molecule has 0 bridgehead atoms. The van der Waals surface area contributed by atoms with E-state index >= 15 is 0 Å². The highest BCUT2D eigenvalue weighted by Gasteiger charge is 2.29. The summed E-state index contributed by atoms with van der Waals surface area (Å²) in [6.45, 7) is 12.5. The Morgan fingerprint density at radius 2 is 1.08 bits per heavy atom. The lowest BCUT2D eigenvalue weighted by molar-refractivity contribution is -0.156. The van der Waals surface area contributed by atoms with E-state index < -0.39 is 17.1 Å². The fraction of sp³-hybridized carbons (Fsp3) is 0.800. The molecule has 2 aromatic heterocycles. The lowest BCUT2D eigenvalue weighted by Crippen LogP contribution is -2.25. The largest absolute Gasteiger partial charge is 0.460 e. The van der Waals surface area contributed by atoms with Crippen molar-refractivity contribution in [2.75, 3.05) is 7.05 Å². The zero-order chi connectivity index (χ0) is 39.0. The first-order chi connectivity index (χ1) is 25.0. The number of nitrogens with zero attached hydrogens (tertiary/aromatic N) is 4. The van der Waals surface area contributed by atoms with Gasteiger partial charge in [0.2, 0.25) is 23.4 Å². The lowest BCUT2D eigenvalue weighted by Gasteiger charge is -2.23. The molecule has 13 heteroatoms. The summed E-state index contributed by atoms with van der Waals surface area (Å²) in [6, 6.07) is 0. The van der Waals surface area contributed by atoms with E-state index in [1.165, 1.54) is 84.6 Å². The van der Waals surface area contributed by atoms with E-state index in [-0.39, 0.29) is 54.0 Å². The fourth-order valence-electron chi connectivity index (χ4n) is 7.20. The number of ether oxygens (including phenoxy) is 2. The normalized spacial score (nSPS) is 16.9. The first-order valence-electron chi connectivity index (χ1n) is 19.9. The van der Waals surface area contributed by atoms with Crippen molar-refractivity contribution in [2.24, 2.45) is 11.8 Å². The Balaban J connectivity index is 0.000000286. The van der Waals surface area contributed by atoms with E-state index in [9.17, 15) is 19.2 Å². The number of hydrogen-bond donors (Lipinski definition) is 1. The highest BCUT2D eigenvalue weighted by atomic mass is 16.6. The Labute approximate surface area is 315 Å². The zero-order valence-corrected chi connectivity index (χ0v) is 33.6. The average molecular weight is 744 g/mol. The van der Waals surface area contributed by atoms with Crippen LogP contribution in [0.3, 0.4) is 0 Å². The number of carbonyl (C=O) groups excluding carboxylic acids is 4. The molecule has 298 valence electrons. The molecule has 2 aromatic rings. The Morgan fingerprint density at radius 1 is 0.679 bits per heavy atom. The molecule has 2 saturated carbocycles. The standard InChI is InChI=1S/C20H33N3O4.C20H32N2O4/c1-20(2,3)26-16(24)13-15(12-8-11-14-9-6-5-7-10-14)19-22-17(23-27-19)18(25)21-4;1-14(23)18-21-19(26-22-18)16(13-17(24)25-20(2,3)4)12-8-11-15-9-6-5-7-10-15/h14-15H,5-13H2,1-4H3,(H,21,25);15-16H,5-13H2,1-4H3/t15-;16-/m11/s1. The van der Waals surface area contributed by atoms with Gasteiger partial charge in [0.25, 0.3) is 11.7 Å². The maximum atomic E-state index is 12.3. The minimum absolute atomic E-state index is 0.00558. The topological polar surface area (TPSA) is 177 Å². The molecule has 0 unspecified atom stereocenters. The number of nitrogens with one attached hydrogen (secondary N) is 1. The van der Waals surface area contributed by atoms with Crippen LogP contribution in [-0.4, -0.2) is 62.2 Å². The summed E-state index contributed by atoms with van der Waals surface area (Å²) in [5, 5.41) is 9.94. The number of esters is 2. The van der Waals surface area contributed by atoms with Gasteiger partial charge in [0.05, 0.1) is 12.8 Å². The van der Waals surface area contributed by atoms with Crippen molar-refractivity contribution in [1.82, 2.24) is 25.6 Å². The van der Waals surface area contributed by atoms with Crippen LogP contribution in [0.4, 0.5) is 0 Å². The van der Waals surface area contributed by atoms with E-state index in [0.29, 0.717) is 11.8 Å². The van der Waals surface area contributed by atoms with Crippen LogP contribution in [-0.2, 0) is 19.1 Å². The van der Waals surface area contributed by atoms with Gasteiger partial charge in [0.15, 0.2) is 0 Å². The Kier molecular flexibility index (Phi) is 17.6. The van der Waals surface area contributed by atoms with Crippen molar-refractivity contribution in [3.05, 3.63) is 23.4 Å². The van der Waals surface area contributed by atoms with Gasteiger partial charge in [0, 0.05) is 25.8 Å². The summed E-state index contributed by atoms with van der Waals surface area (Å²) in [7, 11) is 1.51. The van der Waals surface area contributed by atoms with Crippen LogP contribution in [0.2, 0.25) is 0 Å². The van der Waals surface area contributed by atoms with E-state index in [1.54, 1.807) is 0 Å². The minimum Gasteiger partial charge on any atom is -0.460 e. The predicted molar refractivity (Wildman–Crippen MR) is 199 cm³/mol. The molecule has 2 aliphatic rings. The van der Waals surface area contributed by atoms with Crippen LogP contribution >= 0.6 is 0 Å². The van der Waals surface area contributed by atoms with Gasteiger partial charge in [-0.3, -0.25) is 19.2 Å². The van der Waals surface area contributed by atoms with Crippen molar-refractivity contribution >= 4 is 23.6 Å². The highest BCUT2D eigenvalue weighted by molar-refractivity contribution is 5.90. The van der Waals surface area contributed by atoms with Crippen molar-refractivity contribution in [1.29, 1.82) is 0 Å². The number of Topliss-reactive ketones (excluding diaryl/α,β-unsaturated/α-hetero) is 1. The average Bonchev–Trinajstić information content (AvgIpc) is 3.78. The van der Waals surface area contributed by atoms with Crippen LogP contribution < -0.4 is 5.32 Å². The van der Waals surface area contributed by atoms with Gasteiger partial charge in [0.1, 0.15) is 11.2 Å². The van der Waals surface area contributed by atoms with Crippen molar-refractivity contribution in [2.45, 2.75) is 187 Å². The third-order valence-corrected chi connectivity index (χ3v) is 9.77. The third-order valence-electron chi connectivity index (χ3n) is 9.77. The molecule has 1 N–H and O–H groups in total. The number of rotatable bonds is 16. The monoisotopic (exact) mass is 743 g/mol. The highest BCUT2D eigenvalue weighted by Crippen LogP contribution is 2.33. The van der Waals surface area contributed by atoms with Gasteiger partial charge in [-0.25, -0.2) is 0 Å². The van der Waals surface area contributed by atoms with Gasteiger partial charge in [-0.2, -0.15) is 9.97 Å². The van der Waals surface area contributed by atoms with Gasteiger partial charge in [-0.15, -0.1) is 0 Å². The number of aromatic nitrogens is 4. The molecule has 0 aliphatic heterocycles. The molecule has 2 fully saturated rings. The van der Waals surface area contributed by atoms with Gasteiger partial charge >= 0.3 is 11.9 Å². The minimum atomic E-state index is -0.536. The maximum absolute atomic E-state index is 12.3. The molecule has 2 heterocycles. The molecule has 0 radical (unpaired) electrons. The smallest absolute Gasteiger partial charge is 0.307 e. The molecular weight excluding hydrogens is 678 g/mol. The van der Waals surface area contributed by atoms with Gasteiger partial charge in [-0.05, 0) is 66.2 Å². The summed E-state index contributed by atoms with van der Waals surface area (Å²) in [5.74, 6) is 0.715. The molecule has 53 heavy (non-hydrogen) atoms. The van der Waals surface area contributed by atoms with Crippen LogP contribution in [0.5, 0.6) is 0 Å². The quantitative estimate of drug-likeness (QED) is 0.128. The summed E-state index contributed by atoms with van der Waals surface area (Å²) in [6.07, 6.45) is 19.5. The summed E-state index contributed by atoms with van der Waals surface area (Å²) >= 11 is 0. The molecule has 0 aromatic carbocycles. The molecule has 1 amide bonds. The first kappa shape index (κ1) is 43.8. The van der Waals surface area contributed by atoms with Crippen molar-refractivity contribution < 1.29 is 37.7 Å². The Morgan fingerprint density at radius 3 is 1.43 bits per heavy atom. The van der Waals surface area contributed by atoms with E-state index in [2.05, 4.69) is 25.6 Å². The first-order valence-corrected chi connectivity index (χ1v) is 19.9. The maximum Gasteiger partial charge on any atom is 0.307 e. The number of ketones is 1. The van der Waals surface area contributed by atoms with Crippen LogP contribution in [0.1, 0.15) is 209 Å². The second-order valence-corrected chi connectivity index (χ2v) is 16.9. The van der Waals surface area contributed by atoms with Gasteiger partial charge < -0.3 is 23.8 Å². The molecule has 4 rings (SSSR count). The second-order valence-electron chi connectivity index (χ2n) is 16.9. The molecular formula is C40H65N5O8. The second kappa shape index (κ2) is 21.3. The number of carbonyl (C=O) groups is 4. The molecule has 0 spiro atoms. The zero-order valence-electron chi connectivity index (χ0n) is 33.6. The van der Waals surface area contributed by atoms with E-state index in [4.69, 9.17) is 18.5 Å². The van der Waals surface area contributed by atoms with Crippen molar-refractivity contribution in [3.8, 4) is 0 Å². The Hall–Kier alpha value is -3.64.